The summed E-state index contributed by atoms with van der Waals surface area (Å²) < 4.78 is 0. The number of para-hydroxylation sites is 2. The summed E-state index contributed by atoms with van der Waals surface area (Å²) in [5.41, 5.74) is 0. The van der Waals surface area contributed by atoms with Crippen molar-refractivity contribution in [1.82, 2.24) is 0 Å². The summed E-state index contributed by atoms with van der Waals surface area (Å²) in [7, 11) is 20.1. The van der Waals surface area contributed by atoms with Crippen molar-refractivity contribution in [2.45, 2.75) is 0 Å². The maximum absolute atomic E-state index is 8.94. The van der Waals surface area contributed by atoms with Gasteiger partial charge in [0.25, 0.3) is 0 Å². The molecule has 11 heteroatoms. The van der Waals surface area contributed by atoms with Crippen molar-refractivity contribution in [2.24, 2.45) is 0 Å². The molecule has 0 aliphatic carbocycles. The van der Waals surface area contributed by atoms with Crippen molar-refractivity contribution in [2.75, 3.05) is 0 Å². The number of phenolic OH excluding ortho intramolecular Hbond substituents is 2. The quantitative estimate of drug-likeness (QED) is 0.302. The molecular weight excluding hydrogens is 644 g/mol. The molecule has 130 valence electrons. The van der Waals surface area contributed by atoms with Crippen LogP contribution in [-0.2, 0) is 11.9 Å². The minimum atomic E-state index is -3.28. The summed E-state index contributed by atoms with van der Waals surface area (Å²) in [5, 5.41) is 19.0. The minimum absolute atomic E-state index is 0.0548. The predicted octanol–water partition coefficient (Wildman–Crippen LogP) is 8.15. The molecule has 2 nitrogen and oxygen atoms in total. The summed E-state index contributed by atoms with van der Waals surface area (Å²) in [4.78, 5) is 0. The molecular formula is C12H8Cl8O2W. The van der Waals surface area contributed by atoms with Gasteiger partial charge in [0.05, 0.1) is 20.1 Å². The van der Waals surface area contributed by atoms with Crippen LogP contribution in [-0.4, -0.2) is 10.2 Å². The first-order chi connectivity index (χ1) is 10.4. The molecule has 0 spiro atoms. The van der Waals surface area contributed by atoms with Gasteiger partial charge < -0.3 is 10.2 Å². The number of aromatic hydroxyl groups is 2. The molecule has 0 aliphatic rings. The van der Waals surface area contributed by atoms with Crippen LogP contribution in [0, 0.1) is 0 Å². The summed E-state index contributed by atoms with van der Waals surface area (Å²) in [6.45, 7) is 0. The summed E-state index contributed by atoms with van der Waals surface area (Å²) in [6, 6.07) is 9.63. The molecule has 0 atom stereocenters. The topological polar surface area (TPSA) is 40.5 Å². The number of hydrogen-bond donors (Lipinski definition) is 2. The van der Waals surface area contributed by atoms with Gasteiger partial charge in [0.1, 0.15) is 0 Å². The second-order valence-electron chi connectivity index (χ2n) is 3.49. The molecule has 0 saturated carbocycles. The molecule has 2 N–H and O–H groups in total. The van der Waals surface area contributed by atoms with Crippen LogP contribution in [0.3, 0.4) is 0 Å². The van der Waals surface area contributed by atoms with E-state index in [9.17, 15) is 0 Å². The Kier molecular flexibility index (Phi) is 12.2. The van der Waals surface area contributed by atoms with Gasteiger partial charge in [0, 0.05) is 0 Å². The van der Waals surface area contributed by atoms with Gasteiger partial charge in [0.2, 0.25) is 0 Å². The Morgan fingerprint density at radius 3 is 0.870 bits per heavy atom. The number of benzene rings is 2. The van der Waals surface area contributed by atoms with Crippen molar-refractivity contribution < 1.29 is 22.1 Å². The Morgan fingerprint density at radius 2 is 0.739 bits per heavy atom. The summed E-state index contributed by atoms with van der Waals surface area (Å²) in [5.74, 6) is -0.110. The van der Waals surface area contributed by atoms with Gasteiger partial charge in [-0.15, -0.1) is 0 Å². The molecule has 2 aromatic rings. The molecule has 0 aliphatic heterocycles. The van der Waals surface area contributed by atoms with Crippen molar-refractivity contribution in [3.63, 3.8) is 0 Å². The van der Waals surface area contributed by atoms with Gasteiger partial charge in [0.15, 0.2) is 11.5 Å². The molecule has 0 radical (unpaired) electrons. The van der Waals surface area contributed by atoms with Crippen LogP contribution in [0.1, 0.15) is 0 Å². The first-order valence-electron chi connectivity index (χ1n) is 5.31. The molecule has 2 aromatic carbocycles. The SMILES string of the molecule is Oc1c(Cl)cccc1Cl.Oc1c(Cl)cccc1Cl.[Cl][W]([Cl])([Cl])[Cl]. The maximum atomic E-state index is 8.94. The third-order valence-electron chi connectivity index (χ3n) is 1.88. The van der Waals surface area contributed by atoms with E-state index < -0.39 is 11.9 Å². The van der Waals surface area contributed by atoms with E-state index >= 15 is 0 Å². The second kappa shape index (κ2) is 11.6. The molecule has 0 amide bonds. The zero-order valence-electron chi connectivity index (χ0n) is 10.8. The average Bonchev–Trinajstić information content (AvgIpc) is 2.41. The first kappa shape index (κ1) is 24.0. The van der Waals surface area contributed by atoms with Crippen molar-refractivity contribution in [3.8, 4) is 11.5 Å². The molecule has 0 aromatic heterocycles. The summed E-state index contributed by atoms with van der Waals surface area (Å²) >= 11 is 18.6. The van der Waals surface area contributed by atoms with Gasteiger partial charge in [-0.05, 0) is 24.3 Å². The molecule has 0 bridgehead atoms. The van der Waals surface area contributed by atoms with E-state index in [1.54, 1.807) is 36.4 Å². The van der Waals surface area contributed by atoms with Gasteiger partial charge >= 0.3 is 49.6 Å². The molecule has 0 unspecified atom stereocenters. The Balaban J connectivity index is 0.000000332. The zero-order valence-corrected chi connectivity index (χ0v) is 19.8. The van der Waals surface area contributed by atoms with Crippen molar-refractivity contribution in [3.05, 3.63) is 56.5 Å². The van der Waals surface area contributed by atoms with Crippen LogP contribution >= 0.6 is 84.1 Å². The van der Waals surface area contributed by atoms with E-state index in [4.69, 9.17) is 94.3 Å². The number of halogens is 8. The fraction of sp³-hybridized carbons (Fsp3) is 0. The standard InChI is InChI=1S/2C6H4Cl2O.4ClH.W/c2*7-4-2-1-3-5(8)6(4)9;;;;;/h2*1-3,9H;4*1H;/q;;;;;;+4/p-4. The Labute approximate surface area is 172 Å². The van der Waals surface area contributed by atoms with E-state index in [0.717, 1.165) is 0 Å². The van der Waals surface area contributed by atoms with E-state index in [2.05, 4.69) is 0 Å². The van der Waals surface area contributed by atoms with Gasteiger partial charge in [-0.3, -0.25) is 0 Å². The van der Waals surface area contributed by atoms with Crippen LogP contribution in [0.15, 0.2) is 36.4 Å². The van der Waals surface area contributed by atoms with Crippen LogP contribution in [0.25, 0.3) is 0 Å². The fourth-order valence-corrected chi connectivity index (χ4v) is 1.77. The van der Waals surface area contributed by atoms with Crippen LogP contribution < -0.4 is 0 Å². The molecule has 0 saturated heterocycles. The van der Waals surface area contributed by atoms with Crippen LogP contribution in [0.2, 0.25) is 20.1 Å². The number of hydrogen-bond acceptors (Lipinski definition) is 2. The van der Waals surface area contributed by atoms with E-state index in [1.807, 2.05) is 0 Å². The Morgan fingerprint density at radius 1 is 0.565 bits per heavy atom. The van der Waals surface area contributed by atoms with Crippen molar-refractivity contribution >= 4 is 84.1 Å². The van der Waals surface area contributed by atoms with Crippen LogP contribution in [0.5, 0.6) is 11.5 Å². The predicted molar refractivity (Wildman–Crippen MR) is 99.7 cm³/mol. The Hall–Kier alpha value is 1.05. The van der Waals surface area contributed by atoms with Gasteiger partial charge in [-0.1, -0.05) is 58.5 Å². The second-order valence-corrected chi connectivity index (χ2v) is 30.5. The summed E-state index contributed by atoms with van der Waals surface area (Å²) in [6.07, 6.45) is 0. The van der Waals surface area contributed by atoms with Gasteiger partial charge in [-0.25, -0.2) is 0 Å². The van der Waals surface area contributed by atoms with Gasteiger partial charge in [-0.2, -0.15) is 0 Å². The normalized spacial score (nSPS) is 10.8. The Bertz CT molecular complexity index is 537. The monoisotopic (exact) mass is 648 g/mol. The average molecular weight is 652 g/mol. The van der Waals surface area contributed by atoms with E-state index in [-0.39, 0.29) is 31.6 Å². The van der Waals surface area contributed by atoms with Crippen molar-refractivity contribution in [1.29, 1.82) is 0 Å². The molecule has 23 heavy (non-hydrogen) atoms. The number of phenols is 2. The third kappa shape index (κ3) is 12.1. The zero-order chi connectivity index (χ0) is 18.2. The number of rotatable bonds is 0. The molecule has 0 heterocycles. The first-order valence-corrected chi connectivity index (χ1v) is 21.4. The fourth-order valence-electron chi connectivity index (χ4n) is 0.978. The molecule has 2 rings (SSSR count). The molecule has 0 fully saturated rings. The third-order valence-corrected chi connectivity index (χ3v) is 3.10. The van der Waals surface area contributed by atoms with E-state index in [0.29, 0.717) is 0 Å². The van der Waals surface area contributed by atoms with Crippen LogP contribution in [0.4, 0.5) is 0 Å². The van der Waals surface area contributed by atoms with E-state index in [1.165, 1.54) is 0 Å².